The lowest BCUT2D eigenvalue weighted by Crippen LogP contribution is -2.61. The van der Waals surface area contributed by atoms with Crippen LogP contribution in [-0.2, 0) is 19.6 Å². The van der Waals surface area contributed by atoms with Gasteiger partial charge in [0.2, 0.25) is 5.91 Å². The number of ketones is 1. The Morgan fingerprint density at radius 3 is 2.45 bits per heavy atom. The molecule has 0 radical (unpaired) electrons. The van der Waals surface area contributed by atoms with E-state index in [0.717, 1.165) is 36.1 Å². The number of carbonyl (C=O) groups excluding carboxylic acids is 2. The van der Waals surface area contributed by atoms with Gasteiger partial charge in [0, 0.05) is 19.2 Å². The van der Waals surface area contributed by atoms with Gasteiger partial charge in [-0.15, -0.1) is 0 Å². The quantitative estimate of drug-likeness (QED) is 0.465. The molecule has 2 fully saturated rings. The molecule has 0 bridgehead atoms. The van der Waals surface area contributed by atoms with Gasteiger partial charge in [0.05, 0.1) is 11.0 Å². The Hall–Kier alpha value is -2.33. The summed E-state index contributed by atoms with van der Waals surface area (Å²) in [6.07, 6.45) is 6.13. The lowest BCUT2D eigenvalue weighted by atomic mass is 9.83. The molecule has 0 unspecified atom stereocenters. The highest BCUT2D eigenvalue weighted by Crippen LogP contribution is 2.32. The Labute approximate surface area is 182 Å². The maximum absolute atomic E-state index is 13.2. The molecule has 1 heterocycles. The van der Waals surface area contributed by atoms with Crippen LogP contribution in [-0.4, -0.2) is 59.4 Å². The van der Waals surface area contributed by atoms with E-state index < -0.39 is 43.5 Å². The van der Waals surface area contributed by atoms with Gasteiger partial charge in [-0.05, 0) is 32.3 Å². The second-order valence-electron chi connectivity index (χ2n) is 8.41. The highest BCUT2D eigenvalue weighted by molar-refractivity contribution is 7.89. The van der Waals surface area contributed by atoms with Crippen LogP contribution < -0.4 is 0 Å². The molecule has 10 heteroatoms. The second-order valence-corrected chi connectivity index (χ2v) is 10.3. The lowest BCUT2D eigenvalue weighted by Gasteiger charge is -2.42. The van der Waals surface area contributed by atoms with Crippen LogP contribution in [0.25, 0.3) is 0 Å². The van der Waals surface area contributed by atoms with Crippen molar-refractivity contribution in [2.45, 2.75) is 69.4 Å². The molecule has 2 aliphatic rings. The molecule has 1 amide bonds. The van der Waals surface area contributed by atoms with Crippen LogP contribution >= 0.6 is 0 Å². The second kappa shape index (κ2) is 9.44. The predicted octanol–water partition coefficient (Wildman–Crippen LogP) is 2.74. The number of nitro benzene ring substituents is 1. The van der Waals surface area contributed by atoms with E-state index in [4.69, 9.17) is 0 Å². The number of benzene rings is 1. The van der Waals surface area contributed by atoms with Gasteiger partial charge in [0.25, 0.3) is 15.7 Å². The number of hydrogen-bond acceptors (Lipinski definition) is 6. The lowest BCUT2D eigenvalue weighted by molar-refractivity contribution is -0.387. The molecule has 1 aromatic carbocycles. The van der Waals surface area contributed by atoms with Gasteiger partial charge in [-0.3, -0.25) is 19.7 Å². The van der Waals surface area contributed by atoms with Crippen molar-refractivity contribution in [1.82, 2.24) is 9.21 Å². The molecule has 0 aromatic heterocycles. The Bertz CT molecular complexity index is 958. The fourth-order valence-corrected chi connectivity index (χ4v) is 6.45. The smallest absolute Gasteiger partial charge is 0.289 e. The van der Waals surface area contributed by atoms with Crippen LogP contribution in [0.4, 0.5) is 5.69 Å². The molecule has 1 aliphatic carbocycles. The normalized spacial score (nSPS) is 22.3. The number of hydrogen-bond donors (Lipinski definition) is 0. The highest BCUT2D eigenvalue weighted by Gasteiger charge is 2.44. The standard InChI is InChI=1S/C21H29N3O6S/c1-15-21(26)22(19(16(2)25)14-17-8-4-3-5-9-17)12-13-23(15)31(29,30)20-11-7-6-10-18(20)24(27)28/h6-7,10-11,15,17,19H,3-5,8-9,12-14H2,1-2H3/t15-,19-/m0/s1. The fraction of sp³-hybridized carbons (Fsp3) is 0.619. The van der Waals surface area contributed by atoms with Gasteiger partial charge in [-0.2, -0.15) is 4.31 Å². The molecule has 2 atom stereocenters. The first-order chi connectivity index (χ1) is 14.6. The minimum absolute atomic E-state index is 0.0181. The average molecular weight is 452 g/mol. The summed E-state index contributed by atoms with van der Waals surface area (Å²) in [6.45, 7) is 3.01. The number of piperazine rings is 1. The van der Waals surface area contributed by atoms with Crippen LogP contribution in [0.3, 0.4) is 0 Å². The molecule has 170 valence electrons. The molecule has 1 saturated heterocycles. The van der Waals surface area contributed by atoms with E-state index in [1.807, 2.05) is 0 Å². The van der Waals surface area contributed by atoms with Crippen molar-refractivity contribution in [2.75, 3.05) is 13.1 Å². The van der Waals surface area contributed by atoms with Gasteiger partial charge >= 0.3 is 0 Å². The molecular weight excluding hydrogens is 422 g/mol. The first kappa shape index (κ1) is 23.3. The largest absolute Gasteiger partial charge is 0.330 e. The Morgan fingerprint density at radius 2 is 1.84 bits per heavy atom. The molecule has 0 N–H and O–H groups in total. The van der Waals surface area contributed by atoms with E-state index in [2.05, 4.69) is 0 Å². The monoisotopic (exact) mass is 451 g/mol. The van der Waals surface area contributed by atoms with Crippen molar-refractivity contribution in [3.05, 3.63) is 34.4 Å². The van der Waals surface area contributed by atoms with E-state index in [1.165, 1.54) is 43.4 Å². The van der Waals surface area contributed by atoms with Gasteiger partial charge < -0.3 is 4.90 Å². The number of Topliss-reactive ketones (excluding diaryl/α,β-unsaturated/α-hetero) is 1. The Balaban J connectivity index is 1.82. The van der Waals surface area contributed by atoms with Crippen molar-refractivity contribution in [3.63, 3.8) is 0 Å². The Kier molecular flexibility index (Phi) is 7.10. The number of carbonyl (C=O) groups is 2. The van der Waals surface area contributed by atoms with Crippen LogP contribution in [0.2, 0.25) is 0 Å². The maximum atomic E-state index is 13.2. The number of nitro groups is 1. The third-order valence-corrected chi connectivity index (χ3v) is 8.43. The van der Waals surface area contributed by atoms with Crippen molar-refractivity contribution in [1.29, 1.82) is 0 Å². The molecule has 31 heavy (non-hydrogen) atoms. The summed E-state index contributed by atoms with van der Waals surface area (Å²) >= 11 is 0. The fourth-order valence-electron chi connectivity index (χ4n) is 4.71. The van der Waals surface area contributed by atoms with E-state index in [1.54, 1.807) is 0 Å². The molecule has 1 saturated carbocycles. The van der Waals surface area contributed by atoms with Gasteiger partial charge in [-0.25, -0.2) is 8.42 Å². The molecule has 1 aromatic rings. The van der Waals surface area contributed by atoms with Crippen LogP contribution in [0.15, 0.2) is 29.2 Å². The summed E-state index contributed by atoms with van der Waals surface area (Å²) in [4.78, 5) is 37.2. The minimum atomic E-state index is -4.26. The zero-order valence-corrected chi connectivity index (χ0v) is 18.7. The van der Waals surface area contributed by atoms with E-state index in [-0.39, 0.29) is 18.9 Å². The number of nitrogens with zero attached hydrogens (tertiary/aromatic N) is 3. The molecule has 3 rings (SSSR count). The molecular formula is C21H29N3O6S. The summed E-state index contributed by atoms with van der Waals surface area (Å²) in [6, 6.07) is 3.51. The number of para-hydroxylation sites is 1. The maximum Gasteiger partial charge on any atom is 0.289 e. The summed E-state index contributed by atoms with van der Waals surface area (Å²) < 4.78 is 27.4. The third-order valence-electron chi connectivity index (χ3n) is 6.41. The SMILES string of the molecule is CC(=O)[C@H](CC1CCCCC1)N1CCN(S(=O)(=O)c2ccccc2[N+](=O)[O-])[C@@H](C)C1=O. The van der Waals surface area contributed by atoms with E-state index in [9.17, 15) is 28.1 Å². The average Bonchev–Trinajstić information content (AvgIpc) is 2.74. The first-order valence-corrected chi connectivity index (χ1v) is 12.1. The number of rotatable bonds is 7. The van der Waals surface area contributed by atoms with Crippen LogP contribution in [0, 0.1) is 16.0 Å². The van der Waals surface area contributed by atoms with E-state index in [0.29, 0.717) is 12.3 Å². The molecule has 9 nitrogen and oxygen atoms in total. The molecule has 0 spiro atoms. The zero-order valence-electron chi connectivity index (χ0n) is 17.9. The van der Waals surface area contributed by atoms with Crippen molar-refractivity contribution >= 4 is 27.4 Å². The minimum Gasteiger partial charge on any atom is -0.330 e. The van der Waals surface area contributed by atoms with Crippen molar-refractivity contribution < 1.29 is 22.9 Å². The highest BCUT2D eigenvalue weighted by atomic mass is 32.2. The van der Waals surface area contributed by atoms with Crippen molar-refractivity contribution in [3.8, 4) is 0 Å². The van der Waals surface area contributed by atoms with E-state index >= 15 is 0 Å². The van der Waals surface area contributed by atoms with Gasteiger partial charge in [0.15, 0.2) is 10.7 Å². The predicted molar refractivity (Wildman–Crippen MR) is 114 cm³/mol. The Morgan fingerprint density at radius 1 is 1.19 bits per heavy atom. The first-order valence-electron chi connectivity index (χ1n) is 10.7. The number of sulfonamides is 1. The van der Waals surface area contributed by atoms with Gasteiger partial charge in [0.1, 0.15) is 6.04 Å². The summed E-state index contributed by atoms with van der Waals surface area (Å²) in [5.74, 6) is -0.148. The topological polar surface area (TPSA) is 118 Å². The number of amides is 1. The zero-order chi connectivity index (χ0) is 22.8. The van der Waals surface area contributed by atoms with Crippen molar-refractivity contribution in [2.24, 2.45) is 5.92 Å². The van der Waals surface area contributed by atoms with Crippen LogP contribution in [0.5, 0.6) is 0 Å². The molecule has 1 aliphatic heterocycles. The van der Waals surface area contributed by atoms with Gasteiger partial charge in [-0.1, -0.05) is 44.2 Å². The summed E-state index contributed by atoms with van der Waals surface area (Å²) in [7, 11) is -4.26. The summed E-state index contributed by atoms with van der Waals surface area (Å²) in [5, 5.41) is 11.3. The third kappa shape index (κ3) is 4.79. The summed E-state index contributed by atoms with van der Waals surface area (Å²) in [5.41, 5.74) is -0.525. The van der Waals surface area contributed by atoms with Crippen LogP contribution in [0.1, 0.15) is 52.4 Å².